The van der Waals surface area contributed by atoms with Gasteiger partial charge in [-0.1, -0.05) is 25.1 Å². The number of rotatable bonds is 4. The Morgan fingerprint density at radius 2 is 2.05 bits per heavy atom. The molecule has 3 rings (SSSR count). The standard InChI is InChI=1S/C17H22ClN3/c1-3-14-10-7-11-20(14)17-16(12-18)13(2)19-21(17)15-8-5-4-6-9-15/h4-6,8-9,14H,3,7,10-12H2,1-2H3. The molecule has 1 atom stereocenters. The second-order valence-electron chi connectivity index (χ2n) is 5.67. The van der Waals surface area contributed by atoms with E-state index in [1.807, 2.05) is 6.07 Å². The maximum atomic E-state index is 6.23. The van der Waals surface area contributed by atoms with Gasteiger partial charge in [-0.25, -0.2) is 4.68 Å². The highest BCUT2D eigenvalue weighted by molar-refractivity contribution is 6.17. The smallest absolute Gasteiger partial charge is 0.137 e. The second-order valence-corrected chi connectivity index (χ2v) is 5.93. The van der Waals surface area contributed by atoms with Gasteiger partial charge >= 0.3 is 0 Å². The molecule has 1 fully saturated rings. The van der Waals surface area contributed by atoms with E-state index in [-0.39, 0.29) is 0 Å². The highest BCUT2D eigenvalue weighted by Gasteiger charge is 2.29. The summed E-state index contributed by atoms with van der Waals surface area (Å²) in [7, 11) is 0. The van der Waals surface area contributed by atoms with E-state index in [0.717, 1.165) is 17.9 Å². The van der Waals surface area contributed by atoms with Gasteiger partial charge in [0.15, 0.2) is 0 Å². The summed E-state index contributed by atoms with van der Waals surface area (Å²) < 4.78 is 2.07. The first kappa shape index (κ1) is 14.5. The number of alkyl halides is 1. The van der Waals surface area contributed by atoms with Gasteiger partial charge in [0.2, 0.25) is 0 Å². The van der Waals surface area contributed by atoms with Gasteiger partial charge in [0.25, 0.3) is 0 Å². The molecule has 4 heteroatoms. The lowest BCUT2D eigenvalue weighted by Crippen LogP contribution is -2.31. The molecule has 3 nitrogen and oxygen atoms in total. The quantitative estimate of drug-likeness (QED) is 0.785. The highest BCUT2D eigenvalue weighted by atomic mass is 35.5. The summed E-state index contributed by atoms with van der Waals surface area (Å²) in [6, 6.07) is 10.9. The van der Waals surface area contributed by atoms with Gasteiger partial charge in [0.05, 0.1) is 17.3 Å². The maximum absolute atomic E-state index is 6.23. The number of para-hydroxylation sites is 1. The van der Waals surface area contributed by atoms with Gasteiger partial charge in [0.1, 0.15) is 5.82 Å². The largest absolute Gasteiger partial charge is 0.353 e. The first-order chi connectivity index (χ1) is 10.3. The van der Waals surface area contributed by atoms with Gasteiger partial charge in [0, 0.05) is 18.2 Å². The van der Waals surface area contributed by atoms with Crippen LogP contribution >= 0.6 is 11.6 Å². The average molecular weight is 304 g/mol. The normalized spacial score (nSPS) is 18.4. The van der Waals surface area contributed by atoms with Crippen LogP contribution in [0.1, 0.15) is 37.4 Å². The van der Waals surface area contributed by atoms with Crippen LogP contribution in [0.25, 0.3) is 5.69 Å². The fourth-order valence-electron chi connectivity index (χ4n) is 3.29. The van der Waals surface area contributed by atoms with Crippen molar-refractivity contribution in [1.29, 1.82) is 0 Å². The zero-order chi connectivity index (χ0) is 14.8. The van der Waals surface area contributed by atoms with E-state index in [0.29, 0.717) is 11.9 Å². The van der Waals surface area contributed by atoms with Crippen molar-refractivity contribution in [1.82, 2.24) is 9.78 Å². The molecule has 1 aromatic carbocycles. The zero-order valence-electron chi connectivity index (χ0n) is 12.7. The van der Waals surface area contributed by atoms with Crippen molar-refractivity contribution in [2.45, 2.75) is 45.0 Å². The van der Waals surface area contributed by atoms with Crippen molar-refractivity contribution in [3.63, 3.8) is 0 Å². The predicted octanol–water partition coefficient (Wildman–Crippen LogP) is 4.30. The van der Waals surface area contributed by atoms with Crippen LogP contribution in [-0.2, 0) is 5.88 Å². The molecule has 0 spiro atoms. The van der Waals surface area contributed by atoms with E-state index >= 15 is 0 Å². The Balaban J connectivity index is 2.13. The number of halogens is 1. The summed E-state index contributed by atoms with van der Waals surface area (Å²) in [6.07, 6.45) is 3.68. The van der Waals surface area contributed by atoms with Crippen molar-refractivity contribution in [2.75, 3.05) is 11.4 Å². The fourth-order valence-corrected chi connectivity index (χ4v) is 3.60. The van der Waals surface area contributed by atoms with Crippen molar-refractivity contribution < 1.29 is 0 Å². The molecule has 21 heavy (non-hydrogen) atoms. The maximum Gasteiger partial charge on any atom is 0.137 e. The van der Waals surface area contributed by atoms with E-state index in [1.165, 1.54) is 30.6 Å². The molecule has 112 valence electrons. The zero-order valence-corrected chi connectivity index (χ0v) is 13.5. The van der Waals surface area contributed by atoms with Gasteiger partial charge in [-0.3, -0.25) is 0 Å². The Hall–Kier alpha value is -1.48. The summed E-state index contributed by atoms with van der Waals surface area (Å²) >= 11 is 6.23. The lowest BCUT2D eigenvalue weighted by atomic mass is 10.1. The number of hydrogen-bond acceptors (Lipinski definition) is 2. The van der Waals surface area contributed by atoms with Gasteiger partial charge < -0.3 is 4.90 Å². The number of benzene rings is 1. The minimum Gasteiger partial charge on any atom is -0.353 e. The molecule has 1 aliphatic heterocycles. The summed E-state index contributed by atoms with van der Waals surface area (Å²) in [6.45, 7) is 5.41. The third-order valence-corrected chi connectivity index (χ3v) is 4.68. The monoisotopic (exact) mass is 303 g/mol. The molecule has 1 aliphatic rings. The van der Waals surface area contributed by atoms with Crippen LogP contribution in [0.3, 0.4) is 0 Å². The van der Waals surface area contributed by atoms with E-state index in [1.54, 1.807) is 0 Å². The van der Waals surface area contributed by atoms with Crippen molar-refractivity contribution >= 4 is 17.4 Å². The number of aryl methyl sites for hydroxylation is 1. The molecule has 0 N–H and O–H groups in total. The van der Waals surface area contributed by atoms with Crippen molar-refractivity contribution in [3.8, 4) is 5.69 Å². The first-order valence-corrected chi connectivity index (χ1v) is 8.26. The fraction of sp³-hybridized carbons (Fsp3) is 0.471. The Morgan fingerprint density at radius 3 is 2.71 bits per heavy atom. The molecule has 1 aromatic heterocycles. The van der Waals surface area contributed by atoms with E-state index in [4.69, 9.17) is 16.7 Å². The lowest BCUT2D eigenvalue weighted by molar-refractivity contribution is 0.631. The van der Waals surface area contributed by atoms with Crippen molar-refractivity contribution in [3.05, 3.63) is 41.6 Å². The second kappa shape index (κ2) is 6.10. The summed E-state index contributed by atoms with van der Waals surface area (Å²) in [4.78, 5) is 2.50. The van der Waals surface area contributed by atoms with Crippen molar-refractivity contribution in [2.24, 2.45) is 0 Å². The third kappa shape index (κ3) is 2.55. The molecule has 0 saturated carbocycles. The van der Waals surface area contributed by atoms with Crippen LogP contribution in [0.4, 0.5) is 5.82 Å². The molecule has 0 radical (unpaired) electrons. The average Bonchev–Trinajstić information content (AvgIpc) is 3.11. The molecular formula is C17H22ClN3. The number of anilines is 1. The van der Waals surface area contributed by atoms with Crippen LogP contribution in [0, 0.1) is 6.92 Å². The molecule has 2 heterocycles. The van der Waals surface area contributed by atoms with E-state index < -0.39 is 0 Å². The molecule has 1 saturated heterocycles. The molecule has 1 unspecified atom stereocenters. The number of hydrogen-bond donors (Lipinski definition) is 0. The minimum absolute atomic E-state index is 0.515. The van der Waals surface area contributed by atoms with Gasteiger partial charge in [-0.05, 0) is 38.3 Å². The highest BCUT2D eigenvalue weighted by Crippen LogP contribution is 2.34. The number of nitrogens with zero attached hydrogens (tertiary/aromatic N) is 3. The van der Waals surface area contributed by atoms with E-state index in [9.17, 15) is 0 Å². The Morgan fingerprint density at radius 1 is 1.29 bits per heavy atom. The Bertz CT molecular complexity index is 606. The summed E-state index contributed by atoms with van der Waals surface area (Å²) in [5.41, 5.74) is 3.31. The van der Waals surface area contributed by atoms with Crippen LogP contribution in [-0.4, -0.2) is 22.4 Å². The van der Waals surface area contributed by atoms with Crippen LogP contribution in [0.2, 0.25) is 0 Å². The van der Waals surface area contributed by atoms with E-state index in [2.05, 4.69) is 47.7 Å². The molecule has 0 bridgehead atoms. The van der Waals surface area contributed by atoms with Crippen LogP contribution in [0.5, 0.6) is 0 Å². The summed E-state index contributed by atoms with van der Waals surface area (Å²) in [5, 5.41) is 4.76. The van der Waals surface area contributed by atoms with Gasteiger partial charge in [-0.15, -0.1) is 11.6 Å². The molecule has 2 aromatic rings. The SMILES string of the molecule is CCC1CCCN1c1c(CCl)c(C)nn1-c1ccccc1. The Labute approximate surface area is 131 Å². The topological polar surface area (TPSA) is 21.1 Å². The summed E-state index contributed by atoms with van der Waals surface area (Å²) in [5.74, 6) is 1.71. The minimum atomic E-state index is 0.515. The predicted molar refractivity (Wildman–Crippen MR) is 88.5 cm³/mol. The molecule has 0 aliphatic carbocycles. The molecular weight excluding hydrogens is 282 g/mol. The van der Waals surface area contributed by atoms with Crippen LogP contribution in [0.15, 0.2) is 30.3 Å². The third-order valence-electron chi connectivity index (χ3n) is 4.41. The Kier molecular flexibility index (Phi) is 4.20. The first-order valence-electron chi connectivity index (χ1n) is 7.72. The lowest BCUT2D eigenvalue weighted by Gasteiger charge is -2.27. The van der Waals surface area contributed by atoms with Crippen LogP contribution < -0.4 is 4.90 Å². The molecule has 0 amide bonds. The van der Waals surface area contributed by atoms with Gasteiger partial charge in [-0.2, -0.15) is 5.10 Å². The number of aromatic nitrogens is 2.